The molecule has 0 aromatic heterocycles. The fourth-order valence-electron chi connectivity index (χ4n) is 2.25. The summed E-state index contributed by atoms with van der Waals surface area (Å²) in [7, 11) is -2.54. The molecule has 1 rings (SSSR count). The maximum absolute atomic E-state index is 6.08. The molecule has 0 aliphatic heterocycles. The molecule has 0 N–H and O–H groups in total. The lowest BCUT2D eigenvalue weighted by atomic mass is 10.1. The zero-order valence-electron chi connectivity index (χ0n) is 13.5. The van der Waals surface area contributed by atoms with Crippen LogP contribution in [-0.2, 0) is 19.7 Å². The molecule has 0 bridgehead atoms. The lowest BCUT2D eigenvalue weighted by Gasteiger charge is -2.28. The summed E-state index contributed by atoms with van der Waals surface area (Å²) in [5.74, 6) is 0. The van der Waals surface area contributed by atoms with Gasteiger partial charge >= 0.3 is 8.80 Å². The third-order valence-corrected chi connectivity index (χ3v) is 6.55. The van der Waals surface area contributed by atoms with E-state index in [2.05, 4.69) is 24.3 Å². The predicted octanol–water partition coefficient (Wildman–Crippen LogP) is 4.58. The van der Waals surface area contributed by atoms with E-state index in [9.17, 15) is 0 Å². The molecule has 0 amide bonds. The van der Waals surface area contributed by atoms with Crippen molar-refractivity contribution >= 4 is 20.4 Å². The van der Waals surface area contributed by atoms with Gasteiger partial charge in [0.05, 0.1) is 5.38 Å². The SMILES string of the molecule is CCO[Si](CCc1ccc(C(C)Cl)cc1)(OCC)OCC. The molecular formula is C16H27ClO3Si. The Bertz CT molecular complexity index is 378. The minimum Gasteiger partial charge on any atom is -0.374 e. The average molecular weight is 331 g/mol. The first-order chi connectivity index (χ1) is 10.1. The Balaban J connectivity index is 2.70. The Morgan fingerprint density at radius 2 is 1.43 bits per heavy atom. The summed E-state index contributed by atoms with van der Waals surface area (Å²) in [6, 6.07) is 9.21. The summed E-state index contributed by atoms with van der Waals surface area (Å²) in [5, 5.41) is 0.0442. The molecule has 1 unspecified atom stereocenters. The standard InChI is InChI=1S/C16H27ClO3Si/c1-5-18-21(19-6-2,20-7-3)13-12-15-8-10-16(11-9-15)14(4)17/h8-11,14H,5-7,12-13H2,1-4H3. The Labute approximate surface area is 134 Å². The van der Waals surface area contributed by atoms with Gasteiger partial charge < -0.3 is 13.3 Å². The summed E-state index contributed by atoms with van der Waals surface area (Å²) in [6.45, 7) is 9.79. The minimum atomic E-state index is -2.54. The third kappa shape index (κ3) is 6.08. The van der Waals surface area contributed by atoms with Crippen LogP contribution >= 0.6 is 11.6 Å². The molecule has 0 fully saturated rings. The Morgan fingerprint density at radius 3 is 1.81 bits per heavy atom. The summed E-state index contributed by atoms with van der Waals surface area (Å²) >= 11 is 6.08. The van der Waals surface area contributed by atoms with Crippen LogP contribution in [-0.4, -0.2) is 28.6 Å². The minimum absolute atomic E-state index is 0.0442. The molecule has 1 atom stereocenters. The van der Waals surface area contributed by atoms with Crippen molar-refractivity contribution in [3.63, 3.8) is 0 Å². The molecule has 5 heteroatoms. The van der Waals surface area contributed by atoms with Gasteiger partial charge in [-0.1, -0.05) is 24.3 Å². The molecule has 21 heavy (non-hydrogen) atoms. The van der Waals surface area contributed by atoms with Crippen LogP contribution in [0.2, 0.25) is 6.04 Å². The quantitative estimate of drug-likeness (QED) is 0.464. The van der Waals surface area contributed by atoms with Crippen LogP contribution in [0.4, 0.5) is 0 Å². The number of halogens is 1. The van der Waals surface area contributed by atoms with Crippen LogP contribution in [0.1, 0.15) is 44.2 Å². The van der Waals surface area contributed by atoms with E-state index >= 15 is 0 Å². The third-order valence-electron chi connectivity index (χ3n) is 3.25. The van der Waals surface area contributed by atoms with Crippen LogP contribution in [0.15, 0.2) is 24.3 Å². The van der Waals surface area contributed by atoms with Crippen molar-refractivity contribution in [2.75, 3.05) is 19.8 Å². The van der Waals surface area contributed by atoms with Gasteiger partial charge in [0.15, 0.2) is 0 Å². The van der Waals surface area contributed by atoms with Gasteiger partial charge in [0.2, 0.25) is 0 Å². The first kappa shape index (κ1) is 18.7. The summed E-state index contributed by atoms with van der Waals surface area (Å²) < 4.78 is 17.6. The molecule has 1 aromatic carbocycles. The predicted molar refractivity (Wildman–Crippen MR) is 89.9 cm³/mol. The highest BCUT2D eigenvalue weighted by Crippen LogP contribution is 2.22. The molecule has 0 radical (unpaired) electrons. The zero-order valence-corrected chi connectivity index (χ0v) is 15.3. The highest BCUT2D eigenvalue weighted by atomic mass is 35.5. The van der Waals surface area contributed by atoms with E-state index < -0.39 is 8.80 Å². The van der Waals surface area contributed by atoms with Crippen molar-refractivity contribution in [3.8, 4) is 0 Å². The fraction of sp³-hybridized carbons (Fsp3) is 0.625. The molecule has 0 spiro atoms. The van der Waals surface area contributed by atoms with Crippen LogP contribution < -0.4 is 0 Å². The van der Waals surface area contributed by atoms with Crippen molar-refractivity contribution in [3.05, 3.63) is 35.4 Å². The highest BCUT2D eigenvalue weighted by Gasteiger charge is 2.39. The van der Waals surface area contributed by atoms with Crippen LogP contribution in [0.3, 0.4) is 0 Å². The van der Waals surface area contributed by atoms with Gasteiger partial charge in [-0.3, -0.25) is 0 Å². The average Bonchev–Trinajstić information content (AvgIpc) is 2.46. The maximum atomic E-state index is 6.08. The van der Waals surface area contributed by atoms with E-state index in [0.29, 0.717) is 19.8 Å². The van der Waals surface area contributed by atoms with Crippen molar-refractivity contribution in [1.29, 1.82) is 0 Å². The number of benzene rings is 1. The van der Waals surface area contributed by atoms with Crippen molar-refractivity contribution < 1.29 is 13.3 Å². The summed E-state index contributed by atoms with van der Waals surface area (Å²) in [6.07, 6.45) is 0.892. The first-order valence-corrected chi connectivity index (χ1v) is 10.1. The van der Waals surface area contributed by atoms with Gasteiger partial charge in [0.1, 0.15) is 0 Å². The zero-order chi connectivity index (χ0) is 15.7. The van der Waals surface area contributed by atoms with Crippen LogP contribution in [0.25, 0.3) is 0 Å². The Hall–Kier alpha value is -0.393. The van der Waals surface area contributed by atoms with Crippen molar-refractivity contribution in [1.82, 2.24) is 0 Å². The molecule has 120 valence electrons. The van der Waals surface area contributed by atoms with E-state index in [1.54, 1.807) is 0 Å². The molecule has 0 saturated carbocycles. The van der Waals surface area contributed by atoms with Gasteiger partial charge in [-0.25, -0.2) is 0 Å². The Morgan fingerprint density at radius 1 is 0.952 bits per heavy atom. The van der Waals surface area contributed by atoms with E-state index in [1.165, 1.54) is 5.56 Å². The molecule has 0 heterocycles. The second-order valence-electron chi connectivity index (χ2n) is 4.84. The molecule has 0 aliphatic carbocycles. The first-order valence-electron chi connectivity index (χ1n) is 7.71. The highest BCUT2D eigenvalue weighted by molar-refractivity contribution is 6.60. The molecule has 0 saturated heterocycles. The van der Waals surface area contributed by atoms with E-state index in [0.717, 1.165) is 18.0 Å². The normalized spacial score (nSPS) is 13.4. The van der Waals surface area contributed by atoms with Gasteiger partial charge in [0, 0.05) is 25.9 Å². The molecular weight excluding hydrogens is 304 g/mol. The number of hydrogen-bond donors (Lipinski definition) is 0. The van der Waals surface area contributed by atoms with Crippen LogP contribution in [0, 0.1) is 0 Å². The van der Waals surface area contributed by atoms with Gasteiger partial charge in [-0.2, -0.15) is 0 Å². The number of hydrogen-bond acceptors (Lipinski definition) is 3. The monoisotopic (exact) mass is 330 g/mol. The van der Waals surface area contributed by atoms with Gasteiger partial charge in [0.25, 0.3) is 0 Å². The fourth-order valence-corrected chi connectivity index (χ4v) is 4.99. The molecule has 0 aliphatic rings. The molecule has 1 aromatic rings. The van der Waals surface area contributed by atoms with E-state index in [-0.39, 0.29) is 5.38 Å². The number of alkyl halides is 1. The largest absolute Gasteiger partial charge is 0.501 e. The maximum Gasteiger partial charge on any atom is 0.501 e. The lowest BCUT2D eigenvalue weighted by Crippen LogP contribution is -2.46. The summed E-state index contributed by atoms with van der Waals surface area (Å²) in [4.78, 5) is 0. The Kier molecular flexibility index (Phi) is 8.52. The smallest absolute Gasteiger partial charge is 0.374 e. The van der Waals surface area contributed by atoms with Crippen molar-refractivity contribution in [2.24, 2.45) is 0 Å². The van der Waals surface area contributed by atoms with E-state index in [1.807, 2.05) is 27.7 Å². The van der Waals surface area contributed by atoms with Gasteiger partial charge in [-0.15, -0.1) is 11.6 Å². The molecule has 3 nitrogen and oxygen atoms in total. The lowest BCUT2D eigenvalue weighted by molar-refractivity contribution is 0.0714. The number of rotatable bonds is 10. The van der Waals surface area contributed by atoms with Crippen molar-refractivity contribution in [2.45, 2.75) is 45.5 Å². The summed E-state index contributed by atoms with van der Waals surface area (Å²) in [5.41, 5.74) is 2.40. The van der Waals surface area contributed by atoms with Crippen LogP contribution in [0.5, 0.6) is 0 Å². The second-order valence-corrected chi connectivity index (χ2v) is 8.23. The topological polar surface area (TPSA) is 27.7 Å². The van der Waals surface area contributed by atoms with E-state index in [4.69, 9.17) is 24.9 Å². The second kappa shape index (κ2) is 9.59. The van der Waals surface area contributed by atoms with Gasteiger partial charge in [-0.05, 0) is 45.2 Å². The number of aryl methyl sites for hydroxylation is 1.